The van der Waals surface area contributed by atoms with Crippen molar-refractivity contribution in [3.8, 4) is 0 Å². The average Bonchev–Trinajstić information content (AvgIpc) is 2.94. The molecule has 0 N–H and O–H groups in total. The summed E-state index contributed by atoms with van der Waals surface area (Å²) in [6, 6.07) is 10.8. The summed E-state index contributed by atoms with van der Waals surface area (Å²) in [4.78, 5) is 14.1. The second-order valence-electron chi connectivity index (χ2n) is 4.59. The zero-order chi connectivity index (χ0) is 14.5. The largest absolute Gasteiger partial charge is 0.433 e. The van der Waals surface area contributed by atoms with Gasteiger partial charge >= 0.3 is 5.88 Å². The summed E-state index contributed by atoms with van der Waals surface area (Å²) in [6.45, 7) is 4.33. The molecule has 2 rings (SSSR count). The predicted octanol–water partition coefficient (Wildman–Crippen LogP) is 4.45. The summed E-state index contributed by atoms with van der Waals surface area (Å²) in [5, 5.41) is 10.5. The summed E-state index contributed by atoms with van der Waals surface area (Å²) in [5.41, 5.74) is 2.07. The van der Waals surface area contributed by atoms with Crippen LogP contribution in [0.4, 0.5) is 11.6 Å². The average molecular weight is 272 g/mol. The van der Waals surface area contributed by atoms with Gasteiger partial charge in [-0.25, -0.2) is 0 Å². The maximum absolute atomic E-state index is 10.5. The summed E-state index contributed by atoms with van der Waals surface area (Å²) in [6.07, 6.45) is 2.57. The maximum atomic E-state index is 10.5. The zero-order valence-electron chi connectivity index (χ0n) is 11.4. The Morgan fingerprint density at radius 3 is 2.55 bits per heavy atom. The van der Waals surface area contributed by atoms with Gasteiger partial charge in [0.1, 0.15) is 4.92 Å². The number of hydrogen-bond donors (Lipinski definition) is 0. The van der Waals surface area contributed by atoms with Crippen LogP contribution in [0.15, 0.2) is 45.8 Å². The van der Waals surface area contributed by atoms with Crippen molar-refractivity contribution in [1.29, 1.82) is 0 Å². The van der Waals surface area contributed by atoms with Gasteiger partial charge in [-0.3, -0.25) is 15.1 Å². The van der Waals surface area contributed by atoms with E-state index < -0.39 is 4.92 Å². The Hall–Kier alpha value is -2.43. The van der Waals surface area contributed by atoms with E-state index in [-0.39, 0.29) is 5.88 Å². The van der Waals surface area contributed by atoms with E-state index in [4.69, 9.17) is 4.42 Å². The third-order valence-corrected chi connectivity index (χ3v) is 3.21. The molecule has 1 unspecified atom stereocenters. The SMILES string of the molecule is CCC(C)c1ccc(N=Cc2ccc([N+](=O)[O-])o2)cc1. The molecule has 0 amide bonds. The number of nitrogens with zero attached hydrogens (tertiary/aromatic N) is 2. The Kier molecular flexibility index (Phi) is 4.30. The molecule has 0 fully saturated rings. The van der Waals surface area contributed by atoms with Crippen LogP contribution >= 0.6 is 0 Å². The van der Waals surface area contributed by atoms with Gasteiger partial charge in [-0.05, 0) is 36.1 Å². The van der Waals surface area contributed by atoms with E-state index in [1.54, 1.807) is 0 Å². The lowest BCUT2D eigenvalue weighted by Gasteiger charge is -2.08. The van der Waals surface area contributed by atoms with Crippen LogP contribution in [-0.4, -0.2) is 11.1 Å². The minimum absolute atomic E-state index is 0.279. The standard InChI is InChI=1S/C15H16N2O3/c1-3-11(2)12-4-6-13(7-5-12)16-10-14-8-9-15(20-14)17(18)19/h4-11H,3H2,1-2H3. The third kappa shape index (κ3) is 3.32. The lowest BCUT2D eigenvalue weighted by molar-refractivity contribution is -0.402. The molecule has 1 aromatic heterocycles. The van der Waals surface area contributed by atoms with Crippen LogP contribution in [0.25, 0.3) is 0 Å². The quantitative estimate of drug-likeness (QED) is 0.458. The summed E-state index contributed by atoms with van der Waals surface area (Å²) in [5.74, 6) is 0.613. The van der Waals surface area contributed by atoms with E-state index in [1.165, 1.54) is 23.9 Å². The fourth-order valence-corrected chi connectivity index (χ4v) is 1.77. The number of nitro groups is 1. The zero-order valence-corrected chi connectivity index (χ0v) is 11.4. The Morgan fingerprint density at radius 1 is 1.30 bits per heavy atom. The smallest absolute Gasteiger partial charge is 0.400 e. The predicted molar refractivity (Wildman–Crippen MR) is 77.8 cm³/mol. The van der Waals surface area contributed by atoms with E-state index in [0.717, 1.165) is 12.1 Å². The maximum Gasteiger partial charge on any atom is 0.433 e. The van der Waals surface area contributed by atoms with Crippen molar-refractivity contribution < 1.29 is 9.34 Å². The summed E-state index contributed by atoms with van der Waals surface area (Å²) < 4.78 is 5.00. The highest BCUT2D eigenvalue weighted by Gasteiger charge is 2.10. The molecular weight excluding hydrogens is 256 g/mol. The Morgan fingerprint density at radius 2 is 2.00 bits per heavy atom. The van der Waals surface area contributed by atoms with Gasteiger partial charge in [-0.1, -0.05) is 26.0 Å². The van der Waals surface area contributed by atoms with E-state index in [9.17, 15) is 10.1 Å². The second-order valence-corrected chi connectivity index (χ2v) is 4.59. The fraction of sp³-hybridized carbons (Fsp3) is 0.267. The van der Waals surface area contributed by atoms with Gasteiger partial charge in [0.2, 0.25) is 0 Å². The van der Waals surface area contributed by atoms with Crippen LogP contribution in [0.1, 0.15) is 37.5 Å². The van der Waals surface area contributed by atoms with Gasteiger partial charge in [0.25, 0.3) is 0 Å². The Bertz CT molecular complexity index is 614. The number of aliphatic imine (C=N–C) groups is 1. The fourth-order valence-electron chi connectivity index (χ4n) is 1.77. The Labute approximate surface area is 117 Å². The van der Waals surface area contributed by atoms with Gasteiger partial charge in [-0.15, -0.1) is 0 Å². The third-order valence-electron chi connectivity index (χ3n) is 3.21. The molecule has 1 aromatic carbocycles. The minimum atomic E-state index is -0.571. The molecule has 5 nitrogen and oxygen atoms in total. The molecule has 0 radical (unpaired) electrons. The highest BCUT2D eigenvalue weighted by molar-refractivity contribution is 5.78. The van der Waals surface area contributed by atoms with Crippen LogP contribution in [0, 0.1) is 10.1 Å². The lowest BCUT2D eigenvalue weighted by atomic mass is 9.99. The normalized spacial score (nSPS) is 12.7. The number of benzene rings is 1. The molecule has 0 spiro atoms. The lowest BCUT2D eigenvalue weighted by Crippen LogP contribution is -1.89. The first-order valence-corrected chi connectivity index (χ1v) is 6.48. The molecule has 20 heavy (non-hydrogen) atoms. The number of hydrogen-bond acceptors (Lipinski definition) is 4. The molecule has 5 heteroatoms. The molecule has 0 aliphatic carbocycles. The number of furan rings is 1. The van der Waals surface area contributed by atoms with Crippen molar-refractivity contribution in [2.24, 2.45) is 4.99 Å². The summed E-state index contributed by atoms with van der Waals surface area (Å²) >= 11 is 0. The first-order valence-electron chi connectivity index (χ1n) is 6.48. The van der Waals surface area contributed by atoms with E-state index in [1.807, 2.05) is 24.3 Å². The molecule has 0 saturated heterocycles. The molecule has 1 heterocycles. The minimum Gasteiger partial charge on any atom is -0.400 e. The van der Waals surface area contributed by atoms with Crippen molar-refractivity contribution in [3.63, 3.8) is 0 Å². The van der Waals surface area contributed by atoms with Gasteiger partial charge < -0.3 is 4.42 Å². The van der Waals surface area contributed by atoms with Crippen molar-refractivity contribution in [3.05, 3.63) is 57.8 Å². The molecule has 104 valence electrons. The van der Waals surface area contributed by atoms with Crippen LogP contribution < -0.4 is 0 Å². The van der Waals surface area contributed by atoms with Crippen molar-refractivity contribution >= 4 is 17.8 Å². The van der Waals surface area contributed by atoms with Gasteiger partial charge in [0.05, 0.1) is 18.0 Å². The molecule has 0 aliphatic rings. The Balaban J connectivity index is 2.08. The van der Waals surface area contributed by atoms with Crippen LogP contribution in [0.5, 0.6) is 0 Å². The summed E-state index contributed by atoms with van der Waals surface area (Å²) in [7, 11) is 0. The topological polar surface area (TPSA) is 68.6 Å². The second kappa shape index (κ2) is 6.14. The van der Waals surface area contributed by atoms with E-state index in [2.05, 4.69) is 18.8 Å². The van der Waals surface area contributed by atoms with Gasteiger partial charge in [-0.2, -0.15) is 0 Å². The molecule has 0 bridgehead atoms. The van der Waals surface area contributed by atoms with Crippen LogP contribution in [0.3, 0.4) is 0 Å². The van der Waals surface area contributed by atoms with Crippen molar-refractivity contribution in [2.45, 2.75) is 26.2 Å². The highest BCUT2D eigenvalue weighted by Crippen LogP contribution is 2.22. The first-order chi connectivity index (χ1) is 9.60. The van der Waals surface area contributed by atoms with Gasteiger partial charge in [0.15, 0.2) is 5.76 Å². The molecule has 2 aromatic rings. The van der Waals surface area contributed by atoms with Crippen molar-refractivity contribution in [1.82, 2.24) is 0 Å². The number of rotatable bonds is 5. The molecule has 0 saturated carbocycles. The molecule has 0 aliphatic heterocycles. The van der Waals surface area contributed by atoms with Gasteiger partial charge in [0, 0.05) is 0 Å². The van der Waals surface area contributed by atoms with E-state index in [0.29, 0.717) is 11.7 Å². The van der Waals surface area contributed by atoms with Crippen LogP contribution in [-0.2, 0) is 0 Å². The molecular formula is C15H16N2O3. The molecule has 1 atom stereocenters. The monoisotopic (exact) mass is 272 g/mol. The first kappa shape index (κ1) is 14.0. The van der Waals surface area contributed by atoms with E-state index >= 15 is 0 Å². The van der Waals surface area contributed by atoms with Crippen molar-refractivity contribution in [2.75, 3.05) is 0 Å². The van der Waals surface area contributed by atoms with Crippen LogP contribution in [0.2, 0.25) is 0 Å². The highest BCUT2D eigenvalue weighted by atomic mass is 16.6.